The molecule has 1 aromatic heterocycles. The third kappa shape index (κ3) is 4.37. The lowest BCUT2D eigenvalue weighted by atomic mass is 9.99. The third-order valence-corrected chi connectivity index (χ3v) is 6.03. The van der Waals surface area contributed by atoms with Gasteiger partial charge in [-0.1, -0.05) is 12.1 Å². The highest BCUT2D eigenvalue weighted by Gasteiger charge is 2.13. The van der Waals surface area contributed by atoms with Crippen molar-refractivity contribution in [3.63, 3.8) is 0 Å². The number of carbonyl (C=O) groups excluding carboxylic acids is 1. The Morgan fingerprint density at radius 1 is 0.875 bits per heavy atom. The van der Waals surface area contributed by atoms with Gasteiger partial charge in [-0.3, -0.25) is 0 Å². The SMILES string of the molecule is CNC(=O)OCCc1cccc(Nc2c3cc(C)c(C)cc3nc3cc(C)c(C)cc23)c1. The second-order valence-electron chi connectivity index (χ2n) is 8.36. The molecule has 0 aliphatic carbocycles. The van der Waals surface area contributed by atoms with Gasteiger partial charge in [-0.05, 0) is 91.9 Å². The monoisotopic (exact) mass is 427 g/mol. The number of aromatic nitrogens is 1. The topological polar surface area (TPSA) is 63.2 Å². The minimum Gasteiger partial charge on any atom is -0.449 e. The number of pyridine rings is 1. The maximum atomic E-state index is 11.3. The molecule has 1 heterocycles. The van der Waals surface area contributed by atoms with Gasteiger partial charge in [0.05, 0.1) is 23.3 Å². The van der Waals surface area contributed by atoms with Crippen molar-refractivity contribution in [3.8, 4) is 0 Å². The molecule has 32 heavy (non-hydrogen) atoms. The Morgan fingerprint density at radius 2 is 1.47 bits per heavy atom. The summed E-state index contributed by atoms with van der Waals surface area (Å²) in [6, 6.07) is 17.0. The largest absolute Gasteiger partial charge is 0.449 e. The molecule has 0 fully saturated rings. The van der Waals surface area contributed by atoms with Crippen LogP contribution < -0.4 is 10.6 Å². The highest BCUT2D eigenvalue weighted by molar-refractivity contribution is 6.09. The van der Waals surface area contributed by atoms with Gasteiger partial charge in [0, 0.05) is 29.9 Å². The molecule has 5 heteroatoms. The number of anilines is 2. The first-order valence-electron chi connectivity index (χ1n) is 10.9. The lowest BCUT2D eigenvalue weighted by Crippen LogP contribution is -2.20. The van der Waals surface area contributed by atoms with E-state index in [1.807, 2.05) is 12.1 Å². The van der Waals surface area contributed by atoms with E-state index in [0.29, 0.717) is 13.0 Å². The van der Waals surface area contributed by atoms with Gasteiger partial charge in [-0.15, -0.1) is 0 Å². The summed E-state index contributed by atoms with van der Waals surface area (Å²) in [4.78, 5) is 16.3. The summed E-state index contributed by atoms with van der Waals surface area (Å²) in [6.07, 6.45) is 0.238. The number of hydrogen-bond donors (Lipinski definition) is 2. The first kappa shape index (κ1) is 21.6. The van der Waals surface area contributed by atoms with Crippen LogP contribution in [0, 0.1) is 27.7 Å². The molecule has 0 spiro atoms. The molecule has 164 valence electrons. The van der Waals surface area contributed by atoms with E-state index in [0.717, 1.165) is 38.7 Å². The van der Waals surface area contributed by atoms with Crippen LogP contribution in [0.1, 0.15) is 27.8 Å². The van der Waals surface area contributed by atoms with Crippen molar-refractivity contribution in [2.75, 3.05) is 19.0 Å². The molecule has 0 unspecified atom stereocenters. The number of hydrogen-bond acceptors (Lipinski definition) is 4. The van der Waals surface area contributed by atoms with Crippen LogP contribution in [0.2, 0.25) is 0 Å². The van der Waals surface area contributed by atoms with Crippen LogP contribution in [0.5, 0.6) is 0 Å². The zero-order chi connectivity index (χ0) is 22.8. The number of benzene rings is 3. The lowest BCUT2D eigenvalue weighted by molar-refractivity contribution is 0.150. The number of carbonyl (C=O) groups is 1. The molecular weight excluding hydrogens is 398 g/mol. The van der Waals surface area contributed by atoms with Crippen LogP contribution in [-0.4, -0.2) is 24.7 Å². The van der Waals surface area contributed by atoms with Crippen molar-refractivity contribution >= 4 is 39.3 Å². The molecule has 0 atom stereocenters. The smallest absolute Gasteiger partial charge is 0.406 e. The van der Waals surface area contributed by atoms with E-state index in [1.54, 1.807) is 7.05 Å². The van der Waals surface area contributed by atoms with E-state index in [-0.39, 0.29) is 0 Å². The van der Waals surface area contributed by atoms with Crippen LogP contribution >= 0.6 is 0 Å². The summed E-state index contributed by atoms with van der Waals surface area (Å²) in [6.45, 7) is 8.85. The van der Waals surface area contributed by atoms with Crippen LogP contribution in [0.15, 0.2) is 48.5 Å². The Balaban J connectivity index is 1.77. The second kappa shape index (κ2) is 8.87. The Kier molecular flexibility index (Phi) is 5.99. The zero-order valence-corrected chi connectivity index (χ0v) is 19.3. The number of nitrogens with one attached hydrogen (secondary N) is 2. The van der Waals surface area contributed by atoms with Crippen molar-refractivity contribution in [2.45, 2.75) is 34.1 Å². The minimum absolute atomic E-state index is 0.335. The van der Waals surface area contributed by atoms with Crippen molar-refractivity contribution in [2.24, 2.45) is 0 Å². The third-order valence-electron chi connectivity index (χ3n) is 6.03. The van der Waals surface area contributed by atoms with E-state index < -0.39 is 6.09 Å². The van der Waals surface area contributed by atoms with E-state index in [4.69, 9.17) is 9.72 Å². The Hall–Kier alpha value is -3.60. The molecular formula is C27H29N3O2. The Labute approximate surface area is 188 Å². The number of ether oxygens (including phenoxy) is 1. The summed E-state index contributed by atoms with van der Waals surface area (Å²) in [7, 11) is 1.56. The molecule has 2 N–H and O–H groups in total. The molecule has 0 aliphatic rings. The number of amides is 1. The molecule has 4 rings (SSSR count). The molecule has 3 aromatic carbocycles. The maximum Gasteiger partial charge on any atom is 0.406 e. The summed E-state index contributed by atoms with van der Waals surface area (Å²) in [5, 5.41) is 8.36. The summed E-state index contributed by atoms with van der Waals surface area (Å²) >= 11 is 0. The van der Waals surface area contributed by atoms with E-state index in [9.17, 15) is 4.79 Å². The highest BCUT2D eigenvalue weighted by Crippen LogP contribution is 2.35. The normalized spacial score (nSPS) is 11.0. The maximum absolute atomic E-state index is 11.3. The zero-order valence-electron chi connectivity index (χ0n) is 19.3. The van der Waals surface area contributed by atoms with Gasteiger partial charge in [0.15, 0.2) is 0 Å². The minimum atomic E-state index is -0.412. The van der Waals surface area contributed by atoms with Gasteiger partial charge in [-0.2, -0.15) is 0 Å². The number of alkyl carbamates (subject to hydrolysis) is 1. The van der Waals surface area contributed by atoms with Gasteiger partial charge in [0.2, 0.25) is 0 Å². The van der Waals surface area contributed by atoms with Gasteiger partial charge < -0.3 is 15.4 Å². The van der Waals surface area contributed by atoms with Crippen LogP contribution in [0.4, 0.5) is 16.2 Å². The lowest BCUT2D eigenvalue weighted by Gasteiger charge is -2.16. The number of nitrogens with zero attached hydrogens (tertiary/aromatic N) is 1. The summed E-state index contributed by atoms with van der Waals surface area (Å²) in [5.74, 6) is 0. The fourth-order valence-electron chi connectivity index (χ4n) is 3.88. The van der Waals surface area contributed by atoms with Gasteiger partial charge in [0.1, 0.15) is 0 Å². The Bertz CT molecular complexity index is 1260. The summed E-state index contributed by atoms with van der Waals surface area (Å²) < 4.78 is 5.14. The molecule has 0 saturated carbocycles. The first-order valence-corrected chi connectivity index (χ1v) is 10.9. The molecule has 0 saturated heterocycles. The van der Waals surface area contributed by atoms with E-state index in [1.165, 1.54) is 22.3 Å². The van der Waals surface area contributed by atoms with Crippen LogP contribution in [-0.2, 0) is 11.2 Å². The number of aryl methyl sites for hydroxylation is 4. The summed E-state index contributed by atoms with van der Waals surface area (Å²) in [5.41, 5.74) is 10.1. The van der Waals surface area contributed by atoms with Gasteiger partial charge in [-0.25, -0.2) is 9.78 Å². The second-order valence-corrected chi connectivity index (χ2v) is 8.36. The predicted molar refractivity (Wildman–Crippen MR) is 132 cm³/mol. The standard InChI is InChI=1S/C27H29N3O2/c1-16-11-22-24(13-18(16)3)30-25-14-19(4)17(2)12-23(25)26(22)29-21-8-6-7-20(15-21)9-10-32-27(31)28-5/h6-8,11-15H,9-10H2,1-5H3,(H,28,31)(H,29,30). The molecule has 5 nitrogen and oxygen atoms in total. The molecule has 1 amide bonds. The molecule has 0 bridgehead atoms. The first-order chi connectivity index (χ1) is 15.4. The van der Waals surface area contributed by atoms with Crippen molar-refractivity contribution in [1.29, 1.82) is 0 Å². The van der Waals surface area contributed by atoms with Crippen molar-refractivity contribution in [3.05, 3.63) is 76.3 Å². The number of fused-ring (bicyclic) bond motifs is 2. The fraction of sp³-hybridized carbons (Fsp3) is 0.259. The van der Waals surface area contributed by atoms with E-state index in [2.05, 4.69) is 74.7 Å². The molecule has 0 aliphatic heterocycles. The number of rotatable bonds is 5. The average Bonchev–Trinajstić information content (AvgIpc) is 2.76. The highest BCUT2D eigenvalue weighted by atomic mass is 16.5. The predicted octanol–water partition coefficient (Wildman–Crippen LogP) is 6.26. The van der Waals surface area contributed by atoms with E-state index >= 15 is 0 Å². The van der Waals surface area contributed by atoms with Crippen LogP contribution in [0.25, 0.3) is 21.8 Å². The fourth-order valence-corrected chi connectivity index (χ4v) is 3.88. The Morgan fingerprint density at radius 3 is 2.06 bits per heavy atom. The molecule has 4 aromatic rings. The van der Waals surface area contributed by atoms with Gasteiger partial charge in [0.25, 0.3) is 0 Å². The van der Waals surface area contributed by atoms with Gasteiger partial charge >= 0.3 is 6.09 Å². The quantitative estimate of drug-likeness (QED) is 0.369. The molecule has 0 radical (unpaired) electrons. The van der Waals surface area contributed by atoms with Crippen molar-refractivity contribution in [1.82, 2.24) is 10.3 Å². The average molecular weight is 428 g/mol. The van der Waals surface area contributed by atoms with Crippen molar-refractivity contribution < 1.29 is 9.53 Å². The van der Waals surface area contributed by atoms with Crippen LogP contribution in [0.3, 0.4) is 0 Å².